The van der Waals surface area contributed by atoms with Crippen molar-refractivity contribution in [3.63, 3.8) is 0 Å². The zero-order chi connectivity index (χ0) is 18.1. The van der Waals surface area contributed by atoms with Gasteiger partial charge >= 0.3 is 0 Å². The molecule has 1 aliphatic rings. The summed E-state index contributed by atoms with van der Waals surface area (Å²) in [5.74, 6) is 0.0763. The Morgan fingerprint density at radius 2 is 1.84 bits per heavy atom. The van der Waals surface area contributed by atoms with Crippen molar-refractivity contribution in [3.05, 3.63) is 39.6 Å². The van der Waals surface area contributed by atoms with Gasteiger partial charge in [-0.2, -0.15) is 10.2 Å². The molecule has 0 unspecified atom stereocenters. The second-order valence-electron chi connectivity index (χ2n) is 6.50. The molecule has 1 fully saturated rings. The van der Waals surface area contributed by atoms with Crippen molar-refractivity contribution in [2.75, 3.05) is 31.1 Å². The summed E-state index contributed by atoms with van der Waals surface area (Å²) >= 11 is 0. The van der Waals surface area contributed by atoms with Crippen molar-refractivity contribution in [2.45, 2.75) is 27.3 Å². The van der Waals surface area contributed by atoms with E-state index >= 15 is 0 Å². The SMILES string of the molecule is Cc1nn(CC(=O)N2CCN(c3cnn(C)c(=O)c3)CC2)c(C)c1C. The van der Waals surface area contributed by atoms with E-state index in [0.717, 1.165) is 22.6 Å². The van der Waals surface area contributed by atoms with Crippen LogP contribution < -0.4 is 10.5 Å². The fourth-order valence-corrected chi connectivity index (χ4v) is 3.02. The monoisotopic (exact) mass is 344 g/mol. The predicted molar refractivity (Wildman–Crippen MR) is 94.7 cm³/mol. The molecule has 0 atom stereocenters. The highest BCUT2D eigenvalue weighted by Crippen LogP contribution is 2.14. The molecule has 0 N–H and O–H groups in total. The number of rotatable bonds is 3. The topological polar surface area (TPSA) is 76.3 Å². The van der Waals surface area contributed by atoms with E-state index in [1.165, 1.54) is 4.68 Å². The lowest BCUT2D eigenvalue weighted by Crippen LogP contribution is -2.50. The number of carbonyl (C=O) groups is 1. The molecular weight excluding hydrogens is 320 g/mol. The van der Waals surface area contributed by atoms with Gasteiger partial charge in [-0.25, -0.2) is 4.68 Å². The molecule has 134 valence electrons. The van der Waals surface area contributed by atoms with E-state index in [1.807, 2.05) is 25.7 Å². The van der Waals surface area contributed by atoms with Crippen molar-refractivity contribution in [1.82, 2.24) is 24.5 Å². The van der Waals surface area contributed by atoms with Crippen molar-refractivity contribution >= 4 is 11.6 Å². The molecule has 1 aliphatic heterocycles. The van der Waals surface area contributed by atoms with E-state index in [2.05, 4.69) is 15.1 Å². The average molecular weight is 344 g/mol. The normalized spacial score (nSPS) is 14.9. The molecule has 25 heavy (non-hydrogen) atoms. The lowest BCUT2D eigenvalue weighted by atomic mass is 10.2. The zero-order valence-corrected chi connectivity index (χ0v) is 15.2. The Bertz CT molecular complexity index is 845. The molecule has 0 bridgehead atoms. The molecule has 3 rings (SSSR count). The van der Waals surface area contributed by atoms with E-state index in [0.29, 0.717) is 26.2 Å². The van der Waals surface area contributed by atoms with E-state index in [9.17, 15) is 9.59 Å². The van der Waals surface area contributed by atoms with Crippen LogP contribution in [0.4, 0.5) is 5.69 Å². The summed E-state index contributed by atoms with van der Waals surface area (Å²) in [6.45, 7) is 8.89. The van der Waals surface area contributed by atoms with Gasteiger partial charge in [-0.1, -0.05) is 0 Å². The third kappa shape index (κ3) is 3.42. The first-order chi connectivity index (χ1) is 11.9. The molecule has 0 radical (unpaired) electrons. The van der Waals surface area contributed by atoms with Gasteiger partial charge in [0, 0.05) is 45.0 Å². The number of carbonyl (C=O) groups excluding carboxylic acids is 1. The molecule has 3 heterocycles. The van der Waals surface area contributed by atoms with Gasteiger partial charge in [0.05, 0.1) is 17.6 Å². The minimum atomic E-state index is -0.129. The number of anilines is 1. The van der Waals surface area contributed by atoms with Gasteiger partial charge in [-0.05, 0) is 26.3 Å². The zero-order valence-electron chi connectivity index (χ0n) is 15.2. The van der Waals surface area contributed by atoms with Crippen LogP contribution in [0.2, 0.25) is 0 Å². The van der Waals surface area contributed by atoms with Crippen molar-refractivity contribution < 1.29 is 4.79 Å². The molecular formula is C17H24N6O2. The van der Waals surface area contributed by atoms with Crippen LogP contribution in [0.1, 0.15) is 17.0 Å². The number of amides is 1. The molecule has 8 heteroatoms. The van der Waals surface area contributed by atoms with Crippen LogP contribution in [0.5, 0.6) is 0 Å². The Hall–Kier alpha value is -2.64. The molecule has 0 aromatic carbocycles. The Morgan fingerprint density at radius 1 is 1.16 bits per heavy atom. The number of nitrogens with zero attached hydrogens (tertiary/aromatic N) is 6. The van der Waals surface area contributed by atoms with Crippen LogP contribution in [0, 0.1) is 20.8 Å². The van der Waals surface area contributed by atoms with Crippen LogP contribution in [0.3, 0.4) is 0 Å². The second kappa shape index (κ2) is 6.70. The van der Waals surface area contributed by atoms with Gasteiger partial charge in [0.1, 0.15) is 6.54 Å². The number of hydrogen-bond donors (Lipinski definition) is 0. The van der Waals surface area contributed by atoms with E-state index < -0.39 is 0 Å². The minimum absolute atomic E-state index is 0.0763. The van der Waals surface area contributed by atoms with Gasteiger partial charge < -0.3 is 9.80 Å². The summed E-state index contributed by atoms with van der Waals surface area (Å²) in [5.41, 5.74) is 3.82. The first kappa shape index (κ1) is 17.2. The minimum Gasteiger partial charge on any atom is -0.367 e. The molecule has 1 amide bonds. The Labute approximate surface area is 146 Å². The van der Waals surface area contributed by atoms with Gasteiger partial charge in [-0.15, -0.1) is 0 Å². The van der Waals surface area contributed by atoms with E-state index in [4.69, 9.17) is 0 Å². The molecule has 2 aromatic rings. The maximum Gasteiger partial charge on any atom is 0.268 e. The maximum absolute atomic E-state index is 12.6. The summed E-state index contributed by atoms with van der Waals surface area (Å²) in [7, 11) is 1.63. The fourth-order valence-electron chi connectivity index (χ4n) is 3.02. The second-order valence-corrected chi connectivity index (χ2v) is 6.50. The van der Waals surface area contributed by atoms with Crippen LogP contribution >= 0.6 is 0 Å². The maximum atomic E-state index is 12.6. The molecule has 0 saturated carbocycles. The van der Waals surface area contributed by atoms with Gasteiger partial charge in [0.15, 0.2) is 0 Å². The molecule has 0 spiro atoms. The van der Waals surface area contributed by atoms with E-state index in [-0.39, 0.29) is 18.0 Å². The lowest BCUT2D eigenvalue weighted by molar-refractivity contribution is -0.132. The predicted octanol–water partition coefficient (Wildman–Crippen LogP) is 0.251. The van der Waals surface area contributed by atoms with Gasteiger partial charge in [-0.3, -0.25) is 14.3 Å². The summed E-state index contributed by atoms with van der Waals surface area (Å²) < 4.78 is 3.09. The summed E-state index contributed by atoms with van der Waals surface area (Å²) in [4.78, 5) is 28.2. The van der Waals surface area contributed by atoms with Crippen LogP contribution in [-0.2, 0) is 18.4 Å². The van der Waals surface area contributed by atoms with Crippen LogP contribution in [-0.4, -0.2) is 56.5 Å². The lowest BCUT2D eigenvalue weighted by Gasteiger charge is -2.35. The largest absolute Gasteiger partial charge is 0.367 e. The number of aryl methyl sites for hydroxylation is 2. The Morgan fingerprint density at radius 3 is 2.40 bits per heavy atom. The highest BCUT2D eigenvalue weighted by atomic mass is 16.2. The van der Waals surface area contributed by atoms with Crippen LogP contribution in [0.15, 0.2) is 17.1 Å². The molecule has 1 saturated heterocycles. The van der Waals surface area contributed by atoms with Gasteiger partial charge in [0.25, 0.3) is 5.56 Å². The van der Waals surface area contributed by atoms with E-state index in [1.54, 1.807) is 24.0 Å². The number of hydrogen-bond acceptors (Lipinski definition) is 5. The fraction of sp³-hybridized carbons (Fsp3) is 0.529. The quantitative estimate of drug-likeness (QED) is 0.798. The first-order valence-electron chi connectivity index (χ1n) is 8.43. The standard InChI is InChI=1S/C17H24N6O2/c1-12-13(2)19-23(14(12)3)11-17(25)22-7-5-21(6-8-22)15-9-16(24)20(4)18-10-15/h9-10H,5-8,11H2,1-4H3. The van der Waals surface area contributed by atoms with Crippen molar-refractivity contribution in [2.24, 2.45) is 7.05 Å². The highest BCUT2D eigenvalue weighted by molar-refractivity contribution is 5.76. The molecule has 0 aliphatic carbocycles. The smallest absolute Gasteiger partial charge is 0.268 e. The van der Waals surface area contributed by atoms with Crippen molar-refractivity contribution in [1.29, 1.82) is 0 Å². The third-order valence-corrected chi connectivity index (χ3v) is 4.98. The Balaban J connectivity index is 1.61. The Kier molecular flexibility index (Phi) is 4.61. The highest BCUT2D eigenvalue weighted by Gasteiger charge is 2.23. The molecule has 2 aromatic heterocycles. The van der Waals surface area contributed by atoms with Crippen LogP contribution in [0.25, 0.3) is 0 Å². The summed E-state index contributed by atoms with van der Waals surface area (Å²) in [6.07, 6.45) is 1.69. The number of aromatic nitrogens is 4. The van der Waals surface area contributed by atoms with Crippen molar-refractivity contribution in [3.8, 4) is 0 Å². The van der Waals surface area contributed by atoms with Gasteiger partial charge in [0.2, 0.25) is 5.91 Å². The first-order valence-corrected chi connectivity index (χ1v) is 8.43. The third-order valence-electron chi connectivity index (χ3n) is 4.98. The molecule has 8 nitrogen and oxygen atoms in total. The summed E-state index contributed by atoms with van der Waals surface area (Å²) in [5, 5.41) is 8.49. The summed E-state index contributed by atoms with van der Waals surface area (Å²) in [6, 6.07) is 1.59. The number of piperazine rings is 1. The average Bonchev–Trinajstić information content (AvgIpc) is 2.84.